The van der Waals surface area contributed by atoms with E-state index in [1.54, 1.807) is 18.6 Å². The highest BCUT2D eigenvalue weighted by molar-refractivity contribution is 5.95. The summed E-state index contributed by atoms with van der Waals surface area (Å²) in [5, 5.41) is 0. The molecule has 0 aromatic carbocycles. The van der Waals surface area contributed by atoms with E-state index in [0.717, 1.165) is 48.7 Å². The molecule has 1 aliphatic rings. The monoisotopic (exact) mass is 361 g/mol. The fourth-order valence-corrected chi connectivity index (χ4v) is 3.70. The van der Waals surface area contributed by atoms with Crippen LogP contribution in [0, 0.1) is 19.8 Å². The zero-order valence-corrected chi connectivity index (χ0v) is 15.7. The fraction of sp³-hybridized carbons (Fsp3) is 0.333. The first-order valence-electron chi connectivity index (χ1n) is 9.26. The number of aryl methyl sites for hydroxylation is 2. The van der Waals surface area contributed by atoms with Crippen LogP contribution in [0.1, 0.15) is 28.0 Å². The molecule has 3 aromatic rings. The van der Waals surface area contributed by atoms with E-state index in [9.17, 15) is 4.79 Å². The third-order valence-electron chi connectivity index (χ3n) is 5.26. The second-order valence-corrected chi connectivity index (χ2v) is 7.17. The van der Waals surface area contributed by atoms with Gasteiger partial charge in [0.1, 0.15) is 5.82 Å². The summed E-state index contributed by atoms with van der Waals surface area (Å²) in [5.41, 5.74) is 3.82. The minimum absolute atomic E-state index is 0.0814. The lowest BCUT2D eigenvalue weighted by Crippen LogP contribution is -2.30. The SMILES string of the molecule is Cc1ccncc1C(=O)N1CCC(Cn2c(C)cnc2-c2cccnc2)C1. The van der Waals surface area contributed by atoms with Gasteiger partial charge in [-0.3, -0.25) is 14.8 Å². The van der Waals surface area contributed by atoms with E-state index in [1.165, 1.54) is 0 Å². The smallest absolute Gasteiger partial charge is 0.255 e. The molecule has 1 aliphatic heterocycles. The molecule has 1 saturated heterocycles. The molecule has 0 N–H and O–H groups in total. The van der Waals surface area contributed by atoms with Crippen LogP contribution in [0.3, 0.4) is 0 Å². The maximum Gasteiger partial charge on any atom is 0.255 e. The molecule has 1 amide bonds. The van der Waals surface area contributed by atoms with Crippen molar-refractivity contribution in [2.24, 2.45) is 5.92 Å². The van der Waals surface area contributed by atoms with Gasteiger partial charge in [-0.25, -0.2) is 4.98 Å². The predicted molar refractivity (Wildman–Crippen MR) is 103 cm³/mol. The minimum atomic E-state index is 0.0814. The molecule has 6 heteroatoms. The van der Waals surface area contributed by atoms with Crippen molar-refractivity contribution in [1.82, 2.24) is 24.4 Å². The average molecular weight is 361 g/mol. The Morgan fingerprint density at radius 2 is 2.00 bits per heavy atom. The minimum Gasteiger partial charge on any atom is -0.338 e. The van der Waals surface area contributed by atoms with Crippen LogP contribution in [0.5, 0.6) is 0 Å². The highest BCUT2D eigenvalue weighted by Crippen LogP contribution is 2.25. The van der Waals surface area contributed by atoms with E-state index in [-0.39, 0.29) is 5.91 Å². The Morgan fingerprint density at radius 1 is 1.15 bits per heavy atom. The number of aromatic nitrogens is 4. The number of likely N-dealkylation sites (tertiary alicyclic amines) is 1. The van der Waals surface area contributed by atoms with E-state index in [0.29, 0.717) is 11.5 Å². The Hall–Kier alpha value is -3.02. The van der Waals surface area contributed by atoms with Gasteiger partial charge in [-0.05, 0) is 49.9 Å². The standard InChI is InChI=1S/C21H23N5O/c1-15-5-8-23-12-19(15)21(27)25-9-6-17(13-25)14-26-16(2)10-24-20(26)18-4-3-7-22-11-18/h3-5,7-8,10-12,17H,6,9,13-14H2,1-2H3. The van der Waals surface area contributed by atoms with Gasteiger partial charge in [-0.1, -0.05) is 0 Å². The summed E-state index contributed by atoms with van der Waals surface area (Å²) in [5.74, 6) is 1.43. The van der Waals surface area contributed by atoms with Crippen LogP contribution < -0.4 is 0 Å². The van der Waals surface area contributed by atoms with Gasteiger partial charge >= 0.3 is 0 Å². The number of carbonyl (C=O) groups is 1. The Bertz CT molecular complexity index is 950. The van der Waals surface area contributed by atoms with Gasteiger partial charge in [0.25, 0.3) is 5.91 Å². The zero-order chi connectivity index (χ0) is 18.8. The summed E-state index contributed by atoms with van der Waals surface area (Å²) in [6, 6.07) is 5.84. The van der Waals surface area contributed by atoms with E-state index < -0.39 is 0 Å². The summed E-state index contributed by atoms with van der Waals surface area (Å²) < 4.78 is 2.24. The summed E-state index contributed by atoms with van der Waals surface area (Å²) in [6.07, 6.45) is 9.90. The number of rotatable bonds is 4. The largest absolute Gasteiger partial charge is 0.338 e. The molecular weight excluding hydrogens is 338 g/mol. The Labute approximate surface area is 158 Å². The normalized spacial score (nSPS) is 16.7. The average Bonchev–Trinajstić information content (AvgIpc) is 3.30. The molecule has 0 saturated carbocycles. The van der Waals surface area contributed by atoms with Crippen molar-refractivity contribution >= 4 is 5.91 Å². The van der Waals surface area contributed by atoms with Crippen molar-refractivity contribution in [3.63, 3.8) is 0 Å². The molecule has 138 valence electrons. The zero-order valence-electron chi connectivity index (χ0n) is 15.7. The molecule has 1 fully saturated rings. The molecule has 1 atom stereocenters. The van der Waals surface area contributed by atoms with Gasteiger partial charge < -0.3 is 9.47 Å². The van der Waals surface area contributed by atoms with Crippen molar-refractivity contribution in [2.45, 2.75) is 26.8 Å². The van der Waals surface area contributed by atoms with E-state index in [1.807, 2.05) is 42.4 Å². The van der Waals surface area contributed by atoms with Crippen LogP contribution in [0.25, 0.3) is 11.4 Å². The lowest BCUT2D eigenvalue weighted by molar-refractivity contribution is 0.0785. The lowest BCUT2D eigenvalue weighted by atomic mass is 10.1. The number of imidazole rings is 1. The molecular formula is C21H23N5O. The first-order valence-corrected chi connectivity index (χ1v) is 9.26. The molecule has 4 rings (SSSR count). The number of pyridine rings is 2. The van der Waals surface area contributed by atoms with Gasteiger partial charge in [-0.2, -0.15) is 0 Å². The van der Waals surface area contributed by atoms with Crippen molar-refractivity contribution in [3.8, 4) is 11.4 Å². The van der Waals surface area contributed by atoms with Crippen LogP contribution in [0.2, 0.25) is 0 Å². The fourth-order valence-electron chi connectivity index (χ4n) is 3.70. The van der Waals surface area contributed by atoms with E-state index >= 15 is 0 Å². The third kappa shape index (κ3) is 3.47. The highest BCUT2D eigenvalue weighted by Gasteiger charge is 2.28. The summed E-state index contributed by atoms with van der Waals surface area (Å²) in [7, 11) is 0. The summed E-state index contributed by atoms with van der Waals surface area (Å²) in [6.45, 7) is 6.43. The Balaban J connectivity index is 1.49. The van der Waals surface area contributed by atoms with E-state index in [4.69, 9.17) is 0 Å². The topological polar surface area (TPSA) is 63.9 Å². The highest BCUT2D eigenvalue weighted by atomic mass is 16.2. The first kappa shape index (κ1) is 17.4. The van der Waals surface area contributed by atoms with Gasteiger partial charge in [0.05, 0.1) is 5.56 Å². The van der Waals surface area contributed by atoms with Gasteiger partial charge in [0, 0.05) is 61.9 Å². The number of carbonyl (C=O) groups excluding carboxylic acids is 1. The molecule has 6 nitrogen and oxygen atoms in total. The van der Waals surface area contributed by atoms with Crippen molar-refractivity contribution in [2.75, 3.05) is 13.1 Å². The molecule has 27 heavy (non-hydrogen) atoms. The molecule has 0 spiro atoms. The number of nitrogens with zero attached hydrogens (tertiary/aromatic N) is 5. The number of hydrogen-bond donors (Lipinski definition) is 0. The third-order valence-corrected chi connectivity index (χ3v) is 5.26. The van der Waals surface area contributed by atoms with Crippen LogP contribution in [-0.2, 0) is 6.54 Å². The maximum atomic E-state index is 12.8. The van der Waals surface area contributed by atoms with Crippen LogP contribution >= 0.6 is 0 Å². The number of hydrogen-bond acceptors (Lipinski definition) is 4. The van der Waals surface area contributed by atoms with Crippen LogP contribution in [0.15, 0.2) is 49.2 Å². The molecule has 1 unspecified atom stereocenters. The predicted octanol–water partition coefficient (Wildman–Crippen LogP) is 3.12. The van der Waals surface area contributed by atoms with Crippen molar-refractivity contribution in [3.05, 3.63) is 66.0 Å². The molecule has 4 heterocycles. The first-order chi connectivity index (χ1) is 13.1. The Kier molecular flexibility index (Phi) is 4.71. The van der Waals surface area contributed by atoms with Gasteiger partial charge in [-0.15, -0.1) is 0 Å². The molecule has 0 bridgehead atoms. The quantitative estimate of drug-likeness (QED) is 0.716. The summed E-state index contributed by atoms with van der Waals surface area (Å²) >= 11 is 0. The maximum absolute atomic E-state index is 12.8. The van der Waals surface area contributed by atoms with Gasteiger partial charge in [0.2, 0.25) is 0 Å². The second-order valence-electron chi connectivity index (χ2n) is 7.17. The van der Waals surface area contributed by atoms with Crippen molar-refractivity contribution < 1.29 is 4.79 Å². The van der Waals surface area contributed by atoms with Crippen LogP contribution in [-0.4, -0.2) is 43.4 Å². The van der Waals surface area contributed by atoms with E-state index in [2.05, 4.69) is 26.4 Å². The Morgan fingerprint density at radius 3 is 2.78 bits per heavy atom. The lowest BCUT2D eigenvalue weighted by Gasteiger charge is -2.19. The van der Waals surface area contributed by atoms with Gasteiger partial charge in [0.15, 0.2) is 0 Å². The molecule has 0 aliphatic carbocycles. The van der Waals surface area contributed by atoms with Crippen LogP contribution in [0.4, 0.5) is 0 Å². The molecule has 3 aromatic heterocycles. The summed E-state index contributed by atoms with van der Waals surface area (Å²) in [4.78, 5) is 27.7. The molecule has 0 radical (unpaired) electrons. The number of amides is 1. The second kappa shape index (κ2) is 7.31. The van der Waals surface area contributed by atoms with Crippen molar-refractivity contribution in [1.29, 1.82) is 0 Å².